The number of ether oxygens (including phenoxy) is 1. The lowest BCUT2D eigenvalue weighted by Gasteiger charge is -2.38. The minimum absolute atomic E-state index is 0.271. The molecule has 86 valence electrons. The molecule has 2 atom stereocenters. The highest BCUT2D eigenvalue weighted by Crippen LogP contribution is 2.40. The van der Waals surface area contributed by atoms with Gasteiger partial charge in [0.15, 0.2) is 0 Å². The molecule has 0 amide bonds. The summed E-state index contributed by atoms with van der Waals surface area (Å²) in [5.41, 5.74) is -0.695. The van der Waals surface area contributed by atoms with Gasteiger partial charge in [-0.3, -0.25) is 4.79 Å². The maximum absolute atomic E-state index is 11.8. The third-order valence-corrected chi connectivity index (χ3v) is 3.30. The zero-order valence-electron chi connectivity index (χ0n) is 9.53. The van der Waals surface area contributed by atoms with E-state index in [4.69, 9.17) is 4.74 Å². The molecule has 0 aromatic carbocycles. The second-order valence-corrected chi connectivity index (χ2v) is 4.18. The van der Waals surface area contributed by atoms with Crippen molar-refractivity contribution in [2.75, 3.05) is 7.11 Å². The first kappa shape index (κ1) is 12.2. The lowest BCUT2D eigenvalue weighted by molar-refractivity contribution is -0.163. The number of hydrogen-bond acceptors (Lipinski definition) is 3. The number of carbonyl (C=O) groups excluding carboxylic acids is 1. The summed E-state index contributed by atoms with van der Waals surface area (Å²) < 4.78 is 4.83. The number of hydrogen-bond donors (Lipinski definition) is 1. The van der Waals surface area contributed by atoms with Crippen molar-refractivity contribution >= 4 is 5.97 Å². The van der Waals surface area contributed by atoms with Crippen LogP contribution in [-0.2, 0) is 9.53 Å². The summed E-state index contributed by atoms with van der Waals surface area (Å²) in [6.07, 6.45) is 7.28. The Balaban J connectivity index is 2.87. The van der Waals surface area contributed by atoms with Gasteiger partial charge in [-0.05, 0) is 26.2 Å². The van der Waals surface area contributed by atoms with Crippen LogP contribution < -0.4 is 0 Å². The fraction of sp³-hybridized carbons (Fsp3) is 0.750. The predicted molar refractivity (Wildman–Crippen MR) is 58.4 cm³/mol. The summed E-state index contributed by atoms with van der Waals surface area (Å²) >= 11 is 0. The van der Waals surface area contributed by atoms with Crippen LogP contribution in [0.4, 0.5) is 0 Å². The zero-order chi connectivity index (χ0) is 11.3. The van der Waals surface area contributed by atoms with Crippen molar-refractivity contribution in [3.63, 3.8) is 0 Å². The fourth-order valence-corrected chi connectivity index (χ4v) is 2.31. The Labute approximate surface area is 91.1 Å². The van der Waals surface area contributed by atoms with E-state index >= 15 is 0 Å². The summed E-state index contributed by atoms with van der Waals surface area (Å²) in [6.45, 7) is 1.92. The van der Waals surface area contributed by atoms with E-state index in [0.29, 0.717) is 12.8 Å². The van der Waals surface area contributed by atoms with Crippen LogP contribution in [0.25, 0.3) is 0 Å². The van der Waals surface area contributed by atoms with Crippen LogP contribution in [0.15, 0.2) is 12.2 Å². The van der Waals surface area contributed by atoms with Gasteiger partial charge in [0.05, 0.1) is 18.6 Å². The molecule has 0 saturated heterocycles. The summed E-state index contributed by atoms with van der Waals surface area (Å²) in [5, 5.41) is 10.0. The highest BCUT2D eigenvalue weighted by Gasteiger charge is 2.46. The number of rotatable bonds is 3. The van der Waals surface area contributed by atoms with Crippen molar-refractivity contribution < 1.29 is 14.6 Å². The normalized spacial score (nSPS) is 31.8. The van der Waals surface area contributed by atoms with E-state index in [2.05, 4.69) is 0 Å². The quantitative estimate of drug-likeness (QED) is 0.575. The van der Waals surface area contributed by atoms with Gasteiger partial charge in [-0.25, -0.2) is 0 Å². The van der Waals surface area contributed by atoms with E-state index in [0.717, 1.165) is 19.3 Å². The highest BCUT2D eigenvalue weighted by atomic mass is 16.5. The molecule has 0 aliphatic heterocycles. The van der Waals surface area contributed by atoms with Crippen LogP contribution in [0, 0.1) is 5.41 Å². The van der Waals surface area contributed by atoms with Crippen LogP contribution in [0.5, 0.6) is 0 Å². The fourth-order valence-electron chi connectivity index (χ4n) is 2.31. The molecule has 0 spiro atoms. The van der Waals surface area contributed by atoms with Gasteiger partial charge in [0.1, 0.15) is 0 Å². The molecule has 15 heavy (non-hydrogen) atoms. The minimum Gasteiger partial charge on any atom is -0.469 e. The van der Waals surface area contributed by atoms with E-state index in [1.54, 1.807) is 0 Å². The monoisotopic (exact) mass is 212 g/mol. The molecule has 0 unspecified atom stereocenters. The van der Waals surface area contributed by atoms with Crippen molar-refractivity contribution in [1.29, 1.82) is 0 Å². The molecule has 0 radical (unpaired) electrons. The second-order valence-electron chi connectivity index (χ2n) is 4.18. The van der Waals surface area contributed by atoms with E-state index < -0.39 is 11.5 Å². The van der Waals surface area contributed by atoms with Crippen LogP contribution in [-0.4, -0.2) is 24.3 Å². The van der Waals surface area contributed by atoms with Gasteiger partial charge in [0.25, 0.3) is 0 Å². The predicted octanol–water partition coefficient (Wildman–Crippen LogP) is 2.05. The summed E-state index contributed by atoms with van der Waals surface area (Å²) in [4.78, 5) is 11.8. The molecule has 0 heterocycles. The van der Waals surface area contributed by atoms with E-state index in [-0.39, 0.29) is 5.97 Å². The maximum Gasteiger partial charge on any atom is 0.314 e. The lowest BCUT2D eigenvalue weighted by Crippen LogP contribution is -2.45. The average molecular weight is 212 g/mol. The Hall–Kier alpha value is -0.830. The van der Waals surface area contributed by atoms with Crippen molar-refractivity contribution in [2.24, 2.45) is 5.41 Å². The third kappa shape index (κ3) is 2.40. The molecule has 1 fully saturated rings. The van der Waals surface area contributed by atoms with E-state index in [9.17, 15) is 9.90 Å². The van der Waals surface area contributed by atoms with Gasteiger partial charge in [-0.1, -0.05) is 25.0 Å². The molecule has 3 nitrogen and oxygen atoms in total. The van der Waals surface area contributed by atoms with Gasteiger partial charge in [0, 0.05) is 0 Å². The Morgan fingerprint density at radius 2 is 2.33 bits per heavy atom. The molecule has 0 bridgehead atoms. The van der Waals surface area contributed by atoms with Crippen molar-refractivity contribution in [3.8, 4) is 0 Å². The second kappa shape index (κ2) is 5.31. The standard InChI is InChI=1S/C12H20O3/c1-3-4-8-12(11(14)15-2)9-6-5-7-10(12)13/h3-4,10,13H,5-9H2,1-2H3/b4-3+/t10-,12-/m1/s1. The largest absolute Gasteiger partial charge is 0.469 e. The smallest absolute Gasteiger partial charge is 0.314 e. The highest BCUT2D eigenvalue weighted by molar-refractivity contribution is 5.78. The third-order valence-electron chi connectivity index (χ3n) is 3.30. The first-order valence-electron chi connectivity index (χ1n) is 5.55. The first-order chi connectivity index (χ1) is 7.17. The van der Waals surface area contributed by atoms with E-state index in [1.165, 1.54) is 7.11 Å². The average Bonchev–Trinajstić information content (AvgIpc) is 2.27. The van der Waals surface area contributed by atoms with Gasteiger partial charge in [0.2, 0.25) is 0 Å². The number of aliphatic hydroxyl groups excluding tert-OH is 1. The SMILES string of the molecule is C/C=C/C[C@@]1(C(=O)OC)CCCC[C@H]1O. The molecule has 0 aromatic rings. The number of carbonyl (C=O) groups is 1. The van der Waals surface area contributed by atoms with Crippen molar-refractivity contribution in [2.45, 2.75) is 45.1 Å². The number of methoxy groups -OCH3 is 1. The Morgan fingerprint density at radius 3 is 2.87 bits per heavy atom. The molecule has 1 aliphatic carbocycles. The van der Waals surface area contributed by atoms with Crippen LogP contribution in [0.2, 0.25) is 0 Å². The molecule has 1 aliphatic rings. The van der Waals surface area contributed by atoms with Crippen LogP contribution in [0.3, 0.4) is 0 Å². The summed E-state index contributed by atoms with van der Waals surface area (Å²) in [6, 6.07) is 0. The molecule has 1 rings (SSSR count). The van der Waals surface area contributed by atoms with Gasteiger partial charge in [-0.15, -0.1) is 0 Å². The Bertz CT molecular complexity index is 247. The molecule has 3 heteroatoms. The molecule has 1 N–H and O–H groups in total. The number of allylic oxidation sites excluding steroid dienone is 2. The van der Waals surface area contributed by atoms with Gasteiger partial charge >= 0.3 is 5.97 Å². The zero-order valence-corrected chi connectivity index (χ0v) is 9.53. The number of esters is 1. The van der Waals surface area contributed by atoms with Crippen molar-refractivity contribution in [1.82, 2.24) is 0 Å². The summed E-state index contributed by atoms with van der Waals surface area (Å²) in [5.74, 6) is -0.271. The summed E-state index contributed by atoms with van der Waals surface area (Å²) in [7, 11) is 1.39. The molecule has 1 saturated carbocycles. The lowest BCUT2D eigenvalue weighted by atomic mass is 9.69. The van der Waals surface area contributed by atoms with Gasteiger partial charge in [-0.2, -0.15) is 0 Å². The number of aliphatic hydroxyl groups is 1. The van der Waals surface area contributed by atoms with Crippen LogP contribution in [0.1, 0.15) is 39.0 Å². The van der Waals surface area contributed by atoms with E-state index in [1.807, 2.05) is 19.1 Å². The minimum atomic E-state index is -0.695. The van der Waals surface area contributed by atoms with Crippen molar-refractivity contribution in [3.05, 3.63) is 12.2 Å². The topological polar surface area (TPSA) is 46.5 Å². The molecular formula is C12H20O3. The first-order valence-corrected chi connectivity index (χ1v) is 5.55. The Morgan fingerprint density at radius 1 is 1.60 bits per heavy atom. The maximum atomic E-state index is 11.8. The molecule has 0 aromatic heterocycles. The van der Waals surface area contributed by atoms with Crippen LogP contribution >= 0.6 is 0 Å². The van der Waals surface area contributed by atoms with Gasteiger partial charge < -0.3 is 9.84 Å². The Kier molecular flexibility index (Phi) is 4.33. The molecular weight excluding hydrogens is 192 g/mol.